The first kappa shape index (κ1) is 12.7. The van der Waals surface area contributed by atoms with E-state index in [4.69, 9.17) is 5.73 Å². The summed E-state index contributed by atoms with van der Waals surface area (Å²) in [6.45, 7) is 1.91. The number of hydrogen-bond acceptors (Lipinski definition) is 4. The van der Waals surface area contributed by atoms with Crippen molar-refractivity contribution in [2.75, 3.05) is 5.32 Å². The van der Waals surface area contributed by atoms with Gasteiger partial charge in [-0.3, -0.25) is 4.79 Å². The minimum absolute atomic E-state index is 0.295. The monoisotopic (exact) mass is 265 g/mol. The normalized spacial score (nSPS) is 10.4. The molecule has 1 amide bonds. The fourth-order valence-electron chi connectivity index (χ4n) is 1.44. The summed E-state index contributed by atoms with van der Waals surface area (Å²) < 4.78 is 13.3. The van der Waals surface area contributed by atoms with Crippen molar-refractivity contribution in [3.05, 3.63) is 45.7 Å². The maximum atomic E-state index is 13.3. The topological polar surface area (TPSA) is 68.0 Å². The first-order valence-corrected chi connectivity index (χ1v) is 6.20. The molecule has 1 aromatic heterocycles. The molecule has 1 aromatic carbocycles. The molecule has 6 heteroatoms. The van der Waals surface area contributed by atoms with E-state index in [0.29, 0.717) is 28.5 Å². The van der Waals surface area contributed by atoms with Crippen LogP contribution in [0.4, 0.5) is 10.1 Å². The van der Waals surface area contributed by atoms with Crippen LogP contribution in [-0.2, 0) is 6.54 Å². The molecule has 1 heterocycles. The lowest BCUT2D eigenvalue weighted by molar-refractivity contribution is 0.102. The van der Waals surface area contributed by atoms with E-state index in [9.17, 15) is 9.18 Å². The van der Waals surface area contributed by atoms with Gasteiger partial charge in [0.1, 0.15) is 16.5 Å². The Kier molecular flexibility index (Phi) is 3.69. The number of carbonyl (C=O) groups is 1. The van der Waals surface area contributed by atoms with Gasteiger partial charge in [0.15, 0.2) is 0 Å². The van der Waals surface area contributed by atoms with Crippen molar-refractivity contribution in [1.29, 1.82) is 0 Å². The number of thiazole rings is 1. The zero-order valence-electron chi connectivity index (χ0n) is 9.74. The van der Waals surface area contributed by atoms with Gasteiger partial charge in [0.05, 0.1) is 0 Å². The second-order valence-electron chi connectivity index (χ2n) is 3.70. The molecule has 0 spiro atoms. The zero-order valence-corrected chi connectivity index (χ0v) is 10.6. The highest BCUT2D eigenvalue weighted by molar-refractivity contribution is 7.09. The zero-order chi connectivity index (χ0) is 13.1. The lowest BCUT2D eigenvalue weighted by atomic mass is 10.2. The molecule has 0 radical (unpaired) electrons. The van der Waals surface area contributed by atoms with E-state index in [-0.39, 0.29) is 11.7 Å². The molecule has 0 aliphatic carbocycles. The van der Waals surface area contributed by atoms with Gasteiger partial charge in [0.2, 0.25) is 0 Å². The van der Waals surface area contributed by atoms with Gasteiger partial charge in [0.25, 0.3) is 5.91 Å². The average Bonchev–Trinajstić information content (AvgIpc) is 2.83. The first-order valence-electron chi connectivity index (χ1n) is 5.32. The molecule has 0 fully saturated rings. The third-order valence-electron chi connectivity index (χ3n) is 2.47. The van der Waals surface area contributed by atoms with E-state index in [1.54, 1.807) is 24.4 Å². The molecule has 4 nitrogen and oxygen atoms in total. The highest BCUT2D eigenvalue weighted by Crippen LogP contribution is 2.18. The van der Waals surface area contributed by atoms with E-state index in [1.165, 1.54) is 17.4 Å². The highest BCUT2D eigenvalue weighted by Gasteiger charge is 2.12. The van der Waals surface area contributed by atoms with Crippen molar-refractivity contribution in [2.45, 2.75) is 13.5 Å². The molecule has 2 rings (SSSR count). The molecule has 0 aliphatic heterocycles. The number of carbonyl (C=O) groups excluding carboxylic acids is 1. The van der Waals surface area contributed by atoms with Crippen LogP contribution in [0.1, 0.15) is 21.1 Å². The second kappa shape index (κ2) is 5.24. The number of amides is 1. The molecule has 0 bridgehead atoms. The minimum atomic E-state index is -0.361. The Morgan fingerprint density at radius 2 is 2.33 bits per heavy atom. The van der Waals surface area contributed by atoms with Gasteiger partial charge < -0.3 is 11.1 Å². The Labute approximate surface area is 108 Å². The Balaban J connectivity index is 2.18. The number of nitrogens with zero attached hydrogens (tertiary/aromatic N) is 1. The molecule has 94 valence electrons. The quantitative estimate of drug-likeness (QED) is 0.894. The SMILES string of the molecule is Cc1c(F)cccc1NC(=O)c1csc(CN)n1. The fourth-order valence-corrected chi connectivity index (χ4v) is 2.09. The summed E-state index contributed by atoms with van der Waals surface area (Å²) in [6, 6.07) is 4.54. The van der Waals surface area contributed by atoms with Gasteiger partial charge in [-0.05, 0) is 19.1 Å². The third kappa shape index (κ3) is 2.55. The van der Waals surface area contributed by atoms with Crippen LogP contribution in [0, 0.1) is 12.7 Å². The van der Waals surface area contributed by atoms with Crippen molar-refractivity contribution >= 4 is 22.9 Å². The minimum Gasteiger partial charge on any atom is -0.325 e. The van der Waals surface area contributed by atoms with Crippen LogP contribution in [0.25, 0.3) is 0 Å². The van der Waals surface area contributed by atoms with Crippen LogP contribution in [0.3, 0.4) is 0 Å². The van der Waals surface area contributed by atoms with Gasteiger partial charge in [-0.15, -0.1) is 11.3 Å². The number of halogens is 1. The van der Waals surface area contributed by atoms with Crippen molar-refractivity contribution in [3.8, 4) is 0 Å². The van der Waals surface area contributed by atoms with Crippen molar-refractivity contribution in [2.24, 2.45) is 5.73 Å². The summed E-state index contributed by atoms with van der Waals surface area (Å²) in [5.41, 5.74) is 6.57. The molecule has 0 saturated heterocycles. The molecular weight excluding hydrogens is 253 g/mol. The number of aromatic nitrogens is 1. The molecule has 2 aromatic rings. The number of nitrogens with two attached hydrogens (primary N) is 1. The molecule has 18 heavy (non-hydrogen) atoms. The summed E-state index contributed by atoms with van der Waals surface area (Å²) in [5.74, 6) is -0.714. The van der Waals surface area contributed by atoms with Gasteiger partial charge >= 0.3 is 0 Å². The molecular formula is C12H12FN3OS. The first-order chi connectivity index (χ1) is 8.61. The maximum Gasteiger partial charge on any atom is 0.275 e. The van der Waals surface area contributed by atoms with E-state index in [0.717, 1.165) is 0 Å². The number of nitrogens with one attached hydrogen (secondary N) is 1. The summed E-state index contributed by atoms with van der Waals surface area (Å²) in [7, 11) is 0. The van der Waals surface area contributed by atoms with Gasteiger partial charge in [-0.25, -0.2) is 9.37 Å². The van der Waals surface area contributed by atoms with Gasteiger partial charge in [-0.2, -0.15) is 0 Å². The number of anilines is 1. The summed E-state index contributed by atoms with van der Waals surface area (Å²) in [6.07, 6.45) is 0. The van der Waals surface area contributed by atoms with Crippen LogP contribution in [0.5, 0.6) is 0 Å². The Hall–Kier alpha value is -1.79. The predicted octanol–water partition coefficient (Wildman–Crippen LogP) is 2.30. The van der Waals surface area contributed by atoms with Gasteiger partial charge in [0, 0.05) is 23.2 Å². The van der Waals surface area contributed by atoms with Crippen LogP contribution >= 0.6 is 11.3 Å². The molecule has 0 saturated carbocycles. The van der Waals surface area contributed by atoms with Crippen LogP contribution in [0.2, 0.25) is 0 Å². The molecule has 0 atom stereocenters. The van der Waals surface area contributed by atoms with E-state index < -0.39 is 0 Å². The molecule has 0 unspecified atom stereocenters. The Morgan fingerprint density at radius 3 is 3.00 bits per heavy atom. The van der Waals surface area contributed by atoms with E-state index in [1.807, 2.05) is 0 Å². The smallest absolute Gasteiger partial charge is 0.275 e. The van der Waals surface area contributed by atoms with Crippen LogP contribution in [-0.4, -0.2) is 10.9 Å². The van der Waals surface area contributed by atoms with Crippen molar-refractivity contribution < 1.29 is 9.18 Å². The summed E-state index contributed by atoms with van der Waals surface area (Å²) in [5, 5.41) is 4.95. The van der Waals surface area contributed by atoms with E-state index >= 15 is 0 Å². The van der Waals surface area contributed by atoms with Crippen LogP contribution < -0.4 is 11.1 Å². The lowest BCUT2D eigenvalue weighted by Crippen LogP contribution is -2.14. The highest BCUT2D eigenvalue weighted by atomic mass is 32.1. The van der Waals surface area contributed by atoms with Crippen molar-refractivity contribution in [3.63, 3.8) is 0 Å². The standard InChI is InChI=1S/C12H12FN3OS/c1-7-8(13)3-2-4-9(7)16-12(17)10-6-18-11(5-14)15-10/h2-4,6H,5,14H2,1H3,(H,16,17). The molecule has 0 aliphatic rings. The Morgan fingerprint density at radius 1 is 1.56 bits per heavy atom. The summed E-state index contributed by atoms with van der Waals surface area (Å²) >= 11 is 1.32. The Bertz CT molecular complexity index is 582. The fraction of sp³-hybridized carbons (Fsp3) is 0.167. The number of benzene rings is 1. The van der Waals surface area contributed by atoms with E-state index in [2.05, 4.69) is 10.3 Å². The maximum absolute atomic E-state index is 13.3. The third-order valence-corrected chi connectivity index (χ3v) is 3.35. The largest absolute Gasteiger partial charge is 0.325 e. The van der Waals surface area contributed by atoms with Crippen LogP contribution in [0.15, 0.2) is 23.6 Å². The average molecular weight is 265 g/mol. The lowest BCUT2D eigenvalue weighted by Gasteiger charge is -2.07. The van der Waals surface area contributed by atoms with Gasteiger partial charge in [-0.1, -0.05) is 6.07 Å². The van der Waals surface area contributed by atoms with Crippen molar-refractivity contribution in [1.82, 2.24) is 4.98 Å². The second-order valence-corrected chi connectivity index (χ2v) is 4.64. The predicted molar refractivity (Wildman–Crippen MR) is 69.1 cm³/mol. The molecule has 3 N–H and O–H groups in total. The summed E-state index contributed by atoms with van der Waals surface area (Å²) in [4.78, 5) is 15.9. The number of rotatable bonds is 3. The number of hydrogen-bond donors (Lipinski definition) is 2.